The fourth-order valence-electron chi connectivity index (χ4n) is 2.14. The zero-order chi connectivity index (χ0) is 13.4. The van der Waals surface area contributed by atoms with Crippen LogP contribution in [0.4, 0.5) is 5.69 Å². The van der Waals surface area contributed by atoms with Gasteiger partial charge in [0.15, 0.2) is 0 Å². The van der Waals surface area contributed by atoms with E-state index in [0.717, 1.165) is 16.6 Å². The summed E-state index contributed by atoms with van der Waals surface area (Å²) < 4.78 is 0. The summed E-state index contributed by atoms with van der Waals surface area (Å²) in [5, 5.41) is 11.0. The van der Waals surface area contributed by atoms with Crippen LogP contribution in [0.3, 0.4) is 0 Å². The van der Waals surface area contributed by atoms with E-state index in [0.29, 0.717) is 11.4 Å². The Morgan fingerprint density at radius 3 is 2.68 bits per heavy atom. The number of fused-ring (bicyclic) bond motifs is 1. The number of para-hydroxylation sites is 2. The number of nitrogens with zero attached hydrogens (tertiary/aromatic N) is 2. The zero-order valence-corrected chi connectivity index (χ0v) is 10.3. The van der Waals surface area contributed by atoms with Crippen LogP contribution in [-0.4, -0.2) is 14.9 Å². The van der Waals surface area contributed by atoms with Crippen LogP contribution in [0.25, 0.3) is 22.4 Å². The largest absolute Gasteiger partial charge is 0.338 e. The van der Waals surface area contributed by atoms with Crippen LogP contribution in [0.2, 0.25) is 0 Å². The Labute approximate surface area is 109 Å². The van der Waals surface area contributed by atoms with E-state index in [-0.39, 0.29) is 5.69 Å². The van der Waals surface area contributed by atoms with E-state index < -0.39 is 4.92 Å². The number of aryl methyl sites for hydroxylation is 1. The molecule has 5 nitrogen and oxygen atoms in total. The van der Waals surface area contributed by atoms with E-state index in [1.54, 1.807) is 18.2 Å². The highest BCUT2D eigenvalue weighted by Crippen LogP contribution is 2.29. The summed E-state index contributed by atoms with van der Waals surface area (Å²) in [6.07, 6.45) is 0. The minimum Gasteiger partial charge on any atom is -0.338 e. The molecule has 5 heteroatoms. The number of nitrogens with one attached hydrogen (secondary N) is 1. The lowest BCUT2D eigenvalue weighted by Gasteiger charge is -1.98. The van der Waals surface area contributed by atoms with Crippen molar-refractivity contribution in [2.45, 2.75) is 6.92 Å². The third kappa shape index (κ3) is 1.85. The highest BCUT2D eigenvalue weighted by Gasteiger charge is 2.17. The first-order chi connectivity index (χ1) is 9.16. The third-order valence-electron chi connectivity index (χ3n) is 3.07. The first-order valence-electron chi connectivity index (χ1n) is 5.86. The van der Waals surface area contributed by atoms with Gasteiger partial charge in [-0.2, -0.15) is 0 Å². The Hall–Kier alpha value is -2.69. The van der Waals surface area contributed by atoms with Crippen molar-refractivity contribution in [2.24, 2.45) is 0 Å². The number of benzene rings is 2. The van der Waals surface area contributed by atoms with E-state index in [1.807, 2.05) is 25.1 Å². The summed E-state index contributed by atoms with van der Waals surface area (Å²) in [4.78, 5) is 18.2. The average molecular weight is 253 g/mol. The van der Waals surface area contributed by atoms with E-state index in [1.165, 1.54) is 6.07 Å². The molecule has 0 aliphatic rings. The van der Waals surface area contributed by atoms with Crippen molar-refractivity contribution in [1.82, 2.24) is 9.97 Å². The quantitative estimate of drug-likeness (QED) is 0.561. The lowest BCUT2D eigenvalue weighted by Crippen LogP contribution is -1.92. The Kier molecular flexibility index (Phi) is 2.52. The smallest absolute Gasteiger partial charge is 0.280 e. The second-order valence-electron chi connectivity index (χ2n) is 4.33. The molecule has 0 radical (unpaired) electrons. The molecule has 2 aromatic carbocycles. The molecule has 1 N–H and O–H groups in total. The number of hydrogen-bond acceptors (Lipinski definition) is 3. The number of aromatic nitrogens is 2. The molecule has 19 heavy (non-hydrogen) atoms. The van der Waals surface area contributed by atoms with Gasteiger partial charge in [0.05, 0.1) is 21.5 Å². The molecule has 0 aliphatic heterocycles. The minimum atomic E-state index is -0.393. The molecule has 0 fully saturated rings. The first-order valence-corrected chi connectivity index (χ1v) is 5.86. The Bertz CT molecular complexity index is 777. The predicted octanol–water partition coefficient (Wildman–Crippen LogP) is 3.45. The van der Waals surface area contributed by atoms with Gasteiger partial charge in [0, 0.05) is 6.07 Å². The summed E-state index contributed by atoms with van der Waals surface area (Å²) in [6, 6.07) is 12.4. The van der Waals surface area contributed by atoms with Crippen molar-refractivity contribution in [3.05, 3.63) is 58.1 Å². The molecule has 94 valence electrons. The van der Waals surface area contributed by atoms with Gasteiger partial charge in [-0.05, 0) is 24.6 Å². The maximum Gasteiger partial charge on any atom is 0.280 e. The maximum atomic E-state index is 11.0. The second kappa shape index (κ2) is 4.20. The SMILES string of the molecule is Cc1cccc2[nH]c(-c3ccccc3[N+](=O)[O-])nc12. The molecule has 3 aromatic rings. The molecule has 0 spiro atoms. The van der Waals surface area contributed by atoms with Gasteiger partial charge in [-0.3, -0.25) is 10.1 Å². The van der Waals surface area contributed by atoms with Crippen molar-refractivity contribution in [3.63, 3.8) is 0 Å². The van der Waals surface area contributed by atoms with Crippen LogP contribution < -0.4 is 0 Å². The highest BCUT2D eigenvalue weighted by molar-refractivity contribution is 5.83. The van der Waals surface area contributed by atoms with Crippen LogP contribution in [0.1, 0.15) is 5.56 Å². The number of nitro benzene ring substituents is 1. The molecule has 0 saturated heterocycles. The summed E-state index contributed by atoms with van der Waals surface area (Å²) in [6.45, 7) is 1.96. The summed E-state index contributed by atoms with van der Waals surface area (Å²) in [7, 11) is 0. The van der Waals surface area contributed by atoms with E-state index in [2.05, 4.69) is 9.97 Å². The van der Waals surface area contributed by atoms with Crippen LogP contribution in [-0.2, 0) is 0 Å². The normalized spacial score (nSPS) is 10.8. The Morgan fingerprint density at radius 2 is 1.95 bits per heavy atom. The number of rotatable bonds is 2. The van der Waals surface area contributed by atoms with Gasteiger partial charge < -0.3 is 4.98 Å². The topological polar surface area (TPSA) is 71.8 Å². The molecule has 1 aromatic heterocycles. The van der Waals surface area contributed by atoms with Crippen LogP contribution >= 0.6 is 0 Å². The number of imidazole rings is 1. The lowest BCUT2D eigenvalue weighted by atomic mass is 10.2. The van der Waals surface area contributed by atoms with E-state index >= 15 is 0 Å². The molecule has 1 heterocycles. The monoisotopic (exact) mass is 253 g/mol. The van der Waals surface area contributed by atoms with Gasteiger partial charge in [0.2, 0.25) is 0 Å². The Morgan fingerprint density at radius 1 is 1.16 bits per heavy atom. The van der Waals surface area contributed by atoms with Crippen LogP contribution in [0.5, 0.6) is 0 Å². The molecule has 0 amide bonds. The molecule has 0 unspecified atom stereocenters. The molecule has 0 atom stereocenters. The summed E-state index contributed by atoms with van der Waals surface area (Å²) in [5.74, 6) is 0.525. The standard InChI is InChI=1S/C14H11N3O2/c1-9-5-4-7-11-13(9)16-14(15-11)10-6-2-3-8-12(10)17(18)19/h2-8H,1H3,(H,15,16). The molecular formula is C14H11N3O2. The maximum absolute atomic E-state index is 11.0. The fraction of sp³-hybridized carbons (Fsp3) is 0.0714. The lowest BCUT2D eigenvalue weighted by molar-refractivity contribution is -0.384. The summed E-state index contributed by atoms with van der Waals surface area (Å²) >= 11 is 0. The van der Waals surface area contributed by atoms with Crippen molar-refractivity contribution < 1.29 is 4.92 Å². The van der Waals surface area contributed by atoms with Gasteiger partial charge in [-0.15, -0.1) is 0 Å². The van der Waals surface area contributed by atoms with E-state index in [9.17, 15) is 10.1 Å². The second-order valence-corrected chi connectivity index (χ2v) is 4.33. The van der Waals surface area contributed by atoms with Gasteiger partial charge in [0.25, 0.3) is 5.69 Å². The predicted molar refractivity (Wildman–Crippen MR) is 72.9 cm³/mol. The van der Waals surface area contributed by atoms with Crippen molar-refractivity contribution in [1.29, 1.82) is 0 Å². The third-order valence-corrected chi connectivity index (χ3v) is 3.07. The molecule has 3 rings (SSSR count). The van der Waals surface area contributed by atoms with Crippen LogP contribution in [0, 0.1) is 17.0 Å². The van der Waals surface area contributed by atoms with Gasteiger partial charge >= 0.3 is 0 Å². The fourth-order valence-corrected chi connectivity index (χ4v) is 2.14. The first kappa shape index (κ1) is 11.4. The summed E-state index contributed by atoms with van der Waals surface area (Å²) in [5.41, 5.74) is 3.32. The Balaban J connectivity index is 2.25. The average Bonchev–Trinajstić information content (AvgIpc) is 2.84. The molecule has 0 aliphatic carbocycles. The highest BCUT2D eigenvalue weighted by atomic mass is 16.6. The zero-order valence-electron chi connectivity index (χ0n) is 10.3. The van der Waals surface area contributed by atoms with Gasteiger partial charge in [-0.25, -0.2) is 4.98 Å². The minimum absolute atomic E-state index is 0.0548. The number of nitro groups is 1. The van der Waals surface area contributed by atoms with Crippen molar-refractivity contribution >= 4 is 16.7 Å². The van der Waals surface area contributed by atoms with Crippen molar-refractivity contribution in [3.8, 4) is 11.4 Å². The van der Waals surface area contributed by atoms with Crippen molar-refractivity contribution in [2.75, 3.05) is 0 Å². The van der Waals surface area contributed by atoms with E-state index in [4.69, 9.17) is 0 Å². The van der Waals surface area contributed by atoms with Gasteiger partial charge in [0.1, 0.15) is 5.82 Å². The number of hydrogen-bond donors (Lipinski definition) is 1. The van der Waals surface area contributed by atoms with Crippen LogP contribution in [0.15, 0.2) is 42.5 Å². The molecule has 0 bridgehead atoms. The number of H-pyrrole nitrogens is 1. The van der Waals surface area contributed by atoms with Gasteiger partial charge in [-0.1, -0.05) is 24.3 Å². The molecular weight excluding hydrogens is 242 g/mol. The molecule has 0 saturated carbocycles. The number of aromatic amines is 1.